The van der Waals surface area contributed by atoms with E-state index in [0.29, 0.717) is 13.0 Å². The van der Waals surface area contributed by atoms with E-state index in [4.69, 9.17) is 4.74 Å². The normalized spacial score (nSPS) is 13.6. The van der Waals surface area contributed by atoms with E-state index >= 15 is 0 Å². The quantitative estimate of drug-likeness (QED) is 0.777. The van der Waals surface area contributed by atoms with Crippen molar-refractivity contribution >= 4 is 5.97 Å². The van der Waals surface area contributed by atoms with Gasteiger partial charge < -0.3 is 9.64 Å². The highest BCUT2D eigenvalue weighted by Crippen LogP contribution is 2.32. The van der Waals surface area contributed by atoms with E-state index in [9.17, 15) is 4.79 Å². The van der Waals surface area contributed by atoms with Crippen LogP contribution in [0.25, 0.3) is 0 Å². The molecule has 1 aromatic rings. The molecule has 1 aromatic heterocycles. The molecular formula is C15H27N3O2. The third-order valence-corrected chi connectivity index (χ3v) is 3.22. The van der Waals surface area contributed by atoms with Crippen LogP contribution < -0.4 is 0 Å². The highest BCUT2D eigenvalue weighted by molar-refractivity contribution is 5.70. The number of aryl methyl sites for hydroxylation is 1. The van der Waals surface area contributed by atoms with Crippen molar-refractivity contribution < 1.29 is 9.53 Å². The molecule has 0 saturated heterocycles. The molecule has 0 aromatic carbocycles. The maximum Gasteiger partial charge on any atom is 0.307 e. The lowest BCUT2D eigenvalue weighted by Crippen LogP contribution is -2.26. The van der Waals surface area contributed by atoms with Gasteiger partial charge in [0.05, 0.1) is 18.7 Å². The Hall–Kier alpha value is -1.36. The molecule has 0 aliphatic carbocycles. The zero-order valence-electron chi connectivity index (χ0n) is 13.7. The Bertz CT molecular complexity index is 458. The molecule has 0 radical (unpaired) electrons. The number of nitrogens with zero attached hydrogens (tertiary/aromatic N) is 3. The number of esters is 1. The van der Waals surface area contributed by atoms with Gasteiger partial charge in [0, 0.05) is 30.3 Å². The molecular weight excluding hydrogens is 254 g/mol. The van der Waals surface area contributed by atoms with Crippen LogP contribution in [-0.4, -0.2) is 41.4 Å². The number of rotatable bonds is 5. The Labute approximate surface area is 121 Å². The van der Waals surface area contributed by atoms with Gasteiger partial charge in [0.15, 0.2) is 0 Å². The Morgan fingerprint density at radius 1 is 1.45 bits per heavy atom. The van der Waals surface area contributed by atoms with Crippen molar-refractivity contribution in [1.29, 1.82) is 0 Å². The summed E-state index contributed by atoms with van der Waals surface area (Å²) in [5.41, 5.74) is 2.07. The zero-order chi connectivity index (χ0) is 15.5. The Kier molecular flexibility index (Phi) is 5.34. The van der Waals surface area contributed by atoms with E-state index in [1.807, 2.05) is 43.8 Å². The van der Waals surface area contributed by atoms with E-state index in [-0.39, 0.29) is 17.4 Å². The minimum absolute atomic E-state index is 0.0167. The van der Waals surface area contributed by atoms with E-state index in [0.717, 1.165) is 11.3 Å². The molecule has 1 atom stereocenters. The van der Waals surface area contributed by atoms with E-state index in [1.54, 1.807) is 0 Å². The van der Waals surface area contributed by atoms with Crippen LogP contribution in [-0.2, 0) is 22.0 Å². The summed E-state index contributed by atoms with van der Waals surface area (Å²) in [7, 11) is 5.86. The molecule has 0 saturated carbocycles. The first-order chi connectivity index (χ1) is 9.16. The van der Waals surface area contributed by atoms with Crippen LogP contribution >= 0.6 is 0 Å². The molecule has 1 rings (SSSR count). The molecule has 5 heteroatoms. The summed E-state index contributed by atoms with van der Waals surface area (Å²) in [5, 5.41) is 4.58. The number of ether oxygens (including phenoxy) is 1. The molecule has 0 amide bonds. The van der Waals surface area contributed by atoms with Crippen molar-refractivity contribution in [2.24, 2.45) is 7.05 Å². The maximum atomic E-state index is 11.8. The van der Waals surface area contributed by atoms with Crippen LogP contribution in [0.3, 0.4) is 0 Å². The van der Waals surface area contributed by atoms with Crippen LogP contribution in [0.4, 0.5) is 0 Å². The number of hydrogen-bond acceptors (Lipinski definition) is 4. The molecule has 20 heavy (non-hydrogen) atoms. The fraction of sp³-hybridized carbons (Fsp3) is 0.733. The summed E-state index contributed by atoms with van der Waals surface area (Å²) in [6.45, 7) is 8.65. The predicted molar refractivity (Wildman–Crippen MR) is 79.6 cm³/mol. The Morgan fingerprint density at radius 3 is 2.50 bits per heavy atom. The lowest BCUT2D eigenvalue weighted by atomic mass is 9.86. The third-order valence-electron chi connectivity index (χ3n) is 3.22. The van der Waals surface area contributed by atoms with Crippen molar-refractivity contribution in [2.75, 3.05) is 20.7 Å². The second kappa shape index (κ2) is 6.39. The van der Waals surface area contributed by atoms with Crippen LogP contribution in [0, 0.1) is 0 Å². The van der Waals surface area contributed by atoms with Gasteiger partial charge in [-0.2, -0.15) is 5.10 Å². The second-order valence-corrected chi connectivity index (χ2v) is 6.35. The third kappa shape index (κ3) is 4.07. The summed E-state index contributed by atoms with van der Waals surface area (Å²) < 4.78 is 6.90. The van der Waals surface area contributed by atoms with Gasteiger partial charge >= 0.3 is 5.97 Å². The largest absolute Gasteiger partial charge is 0.466 e. The SMILES string of the molecule is CCOC(=O)CC(c1cn(C)nc1C(C)(C)C)N(C)C. The molecule has 0 bridgehead atoms. The molecule has 5 nitrogen and oxygen atoms in total. The van der Waals surface area contributed by atoms with Gasteiger partial charge in [-0.15, -0.1) is 0 Å². The fourth-order valence-corrected chi connectivity index (χ4v) is 2.28. The smallest absolute Gasteiger partial charge is 0.307 e. The Morgan fingerprint density at radius 2 is 2.05 bits per heavy atom. The first-order valence-electron chi connectivity index (χ1n) is 7.02. The van der Waals surface area contributed by atoms with Crippen molar-refractivity contribution in [3.8, 4) is 0 Å². The summed E-state index contributed by atoms with van der Waals surface area (Å²) in [6, 6.07) is -0.0167. The van der Waals surface area contributed by atoms with Gasteiger partial charge in [-0.1, -0.05) is 20.8 Å². The van der Waals surface area contributed by atoms with Crippen molar-refractivity contribution in [1.82, 2.24) is 14.7 Å². The molecule has 1 unspecified atom stereocenters. The van der Waals surface area contributed by atoms with E-state index < -0.39 is 0 Å². The van der Waals surface area contributed by atoms with Gasteiger partial charge in [-0.25, -0.2) is 0 Å². The monoisotopic (exact) mass is 281 g/mol. The first-order valence-corrected chi connectivity index (χ1v) is 7.02. The number of aromatic nitrogens is 2. The highest BCUT2D eigenvalue weighted by atomic mass is 16.5. The highest BCUT2D eigenvalue weighted by Gasteiger charge is 2.29. The molecule has 1 heterocycles. The number of hydrogen-bond donors (Lipinski definition) is 0. The average molecular weight is 281 g/mol. The molecule has 0 N–H and O–H groups in total. The van der Waals surface area contributed by atoms with Gasteiger partial charge in [0.25, 0.3) is 0 Å². The van der Waals surface area contributed by atoms with Crippen LogP contribution in [0.15, 0.2) is 6.20 Å². The van der Waals surface area contributed by atoms with Gasteiger partial charge in [0.2, 0.25) is 0 Å². The lowest BCUT2D eigenvalue weighted by Gasteiger charge is -2.26. The van der Waals surface area contributed by atoms with E-state index in [2.05, 4.69) is 25.9 Å². The summed E-state index contributed by atoms with van der Waals surface area (Å²) >= 11 is 0. The standard InChI is InChI=1S/C15H27N3O2/c1-8-20-13(19)9-12(17(5)6)11-10-18(7)16-14(11)15(2,3)4/h10,12H,8-9H2,1-7H3. The summed E-state index contributed by atoms with van der Waals surface area (Å²) in [4.78, 5) is 13.9. The minimum atomic E-state index is -0.171. The molecule has 114 valence electrons. The van der Waals surface area contributed by atoms with Crippen LogP contribution in [0.1, 0.15) is 51.4 Å². The summed E-state index contributed by atoms with van der Waals surface area (Å²) in [6.07, 6.45) is 2.35. The van der Waals surface area contributed by atoms with E-state index in [1.165, 1.54) is 0 Å². The van der Waals surface area contributed by atoms with Crippen molar-refractivity contribution in [3.05, 3.63) is 17.5 Å². The van der Waals surface area contributed by atoms with Gasteiger partial charge in [-0.3, -0.25) is 9.48 Å². The maximum absolute atomic E-state index is 11.8. The van der Waals surface area contributed by atoms with Gasteiger partial charge in [0.1, 0.15) is 0 Å². The summed E-state index contributed by atoms with van der Waals surface area (Å²) in [5.74, 6) is -0.171. The average Bonchev–Trinajstić information content (AvgIpc) is 2.67. The molecule has 0 aliphatic rings. The zero-order valence-corrected chi connectivity index (χ0v) is 13.7. The number of carbonyl (C=O) groups excluding carboxylic acids is 1. The lowest BCUT2D eigenvalue weighted by molar-refractivity contribution is -0.144. The van der Waals surface area contributed by atoms with Crippen LogP contribution in [0.5, 0.6) is 0 Å². The van der Waals surface area contributed by atoms with Crippen molar-refractivity contribution in [2.45, 2.75) is 45.6 Å². The Balaban J connectivity index is 3.12. The van der Waals surface area contributed by atoms with Crippen molar-refractivity contribution in [3.63, 3.8) is 0 Å². The second-order valence-electron chi connectivity index (χ2n) is 6.35. The topological polar surface area (TPSA) is 47.4 Å². The number of carbonyl (C=O) groups is 1. The first kappa shape index (κ1) is 16.7. The molecule has 0 spiro atoms. The minimum Gasteiger partial charge on any atom is -0.466 e. The molecule has 0 fully saturated rings. The molecule has 0 aliphatic heterocycles. The fourth-order valence-electron chi connectivity index (χ4n) is 2.28. The van der Waals surface area contributed by atoms with Crippen LogP contribution in [0.2, 0.25) is 0 Å². The van der Waals surface area contributed by atoms with Gasteiger partial charge in [-0.05, 0) is 21.0 Å². The predicted octanol–water partition coefficient (Wildman–Crippen LogP) is 2.27.